The van der Waals surface area contributed by atoms with Crippen molar-refractivity contribution in [3.8, 4) is 0 Å². The van der Waals surface area contributed by atoms with Gasteiger partial charge in [0.25, 0.3) is 0 Å². The highest BCUT2D eigenvalue weighted by atomic mass is 19.1. The molecule has 2 aromatic rings. The second-order valence-corrected chi connectivity index (χ2v) is 5.54. The van der Waals surface area contributed by atoms with E-state index in [0.717, 1.165) is 18.7 Å². The van der Waals surface area contributed by atoms with Crippen LogP contribution in [0.3, 0.4) is 0 Å². The lowest BCUT2D eigenvalue weighted by Crippen LogP contribution is -2.20. The van der Waals surface area contributed by atoms with Crippen molar-refractivity contribution in [1.82, 2.24) is 9.55 Å². The first-order valence-corrected chi connectivity index (χ1v) is 7.33. The van der Waals surface area contributed by atoms with Crippen molar-refractivity contribution in [3.05, 3.63) is 53.4 Å². The van der Waals surface area contributed by atoms with Gasteiger partial charge in [-0.2, -0.15) is 0 Å². The molecule has 0 radical (unpaired) electrons. The van der Waals surface area contributed by atoms with Crippen LogP contribution in [0.1, 0.15) is 43.1 Å². The Morgan fingerprint density at radius 3 is 2.45 bits per heavy atom. The van der Waals surface area contributed by atoms with Crippen LogP contribution in [-0.2, 0) is 4.74 Å². The highest BCUT2D eigenvalue weighted by Crippen LogP contribution is 2.31. The van der Waals surface area contributed by atoms with Crippen LogP contribution in [0.4, 0.5) is 13.2 Å². The Kier molecular flexibility index (Phi) is 4.20. The quantitative estimate of drug-likeness (QED) is 0.862. The van der Waals surface area contributed by atoms with E-state index in [4.69, 9.17) is 4.74 Å². The Labute approximate surface area is 126 Å². The second-order valence-electron chi connectivity index (χ2n) is 5.54. The van der Waals surface area contributed by atoms with Gasteiger partial charge in [-0.15, -0.1) is 0 Å². The molecule has 1 unspecified atom stereocenters. The summed E-state index contributed by atoms with van der Waals surface area (Å²) in [6, 6.07) is 0.820. The average molecular weight is 310 g/mol. The first-order chi connectivity index (χ1) is 10.6. The molecular weight excluding hydrogens is 293 g/mol. The fourth-order valence-electron chi connectivity index (χ4n) is 3.02. The molecule has 1 aromatic heterocycles. The number of aromatic nitrogens is 2. The van der Waals surface area contributed by atoms with Gasteiger partial charge in [-0.1, -0.05) is 0 Å². The van der Waals surface area contributed by atoms with E-state index in [0.29, 0.717) is 25.3 Å². The van der Waals surface area contributed by atoms with E-state index in [1.54, 1.807) is 23.9 Å². The molecular formula is C16H17F3N2O. The number of hydrogen-bond acceptors (Lipinski definition) is 2. The lowest BCUT2D eigenvalue weighted by Gasteiger charge is -2.25. The number of rotatable bonds is 3. The number of benzene rings is 1. The molecule has 22 heavy (non-hydrogen) atoms. The van der Waals surface area contributed by atoms with Crippen LogP contribution in [0.5, 0.6) is 0 Å². The average Bonchev–Trinajstić information content (AvgIpc) is 2.96. The van der Waals surface area contributed by atoms with Crippen LogP contribution in [0.25, 0.3) is 0 Å². The van der Waals surface area contributed by atoms with Crippen molar-refractivity contribution < 1.29 is 17.9 Å². The van der Waals surface area contributed by atoms with Crippen molar-refractivity contribution >= 4 is 0 Å². The monoisotopic (exact) mass is 310 g/mol. The maximum atomic E-state index is 14.0. The summed E-state index contributed by atoms with van der Waals surface area (Å²) in [5.74, 6) is -1.67. The number of halogens is 3. The molecule has 118 valence electrons. The van der Waals surface area contributed by atoms with Crippen LogP contribution < -0.4 is 0 Å². The summed E-state index contributed by atoms with van der Waals surface area (Å²) >= 11 is 0. The minimum absolute atomic E-state index is 0.146. The first-order valence-electron chi connectivity index (χ1n) is 7.33. The fourth-order valence-corrected chi connectivity index (χ4v) is 3.02. The molecule has 3 rings (SSSR count). The highest BCUT2D eigenvalue weighted by Gasteiger charge is 2.25. The summed E-state index contributed by atoms with van der Waals surface area (Å²) in [6.45, 7) is 3.00. The lowest BCUT2D eigenvalue weighted by atomic mass is 9.98. The van der Waals surface area contributed by atoms with Crippen molar-refractivity contribution in [2.24, 2.45) is 0 Å². The molecule has 0 spiro atoms. The van der Waals surface area contributed by atoms with Crippen LogP contribution in [-0.4, -0.2) is 22.8 Å². The zero-order valence-corrected chi connectivity index (χ0v) is 12.2. The standard InChI is InChI=1S/C16H17F3N2O/c1-10(15-13(18)8-12(17)9-14(15)19)21-5-4-20-16(21)11-2-6-22-7-3-11/h4-5,8-11H,2-3,6-7H2,1H3. The smallest absolute Gasteiger partial charge is 0.134 e. The predicted molar refractivity (Wildman–Crippen MR) is 75.2 cm³/mol. The third kappa shape index (κ3) is 2.75. The minimum Gasteiger partial charge on any atom is -0.381 e. The fraction of sp³-hybridized carbons (Fsp3) is 0.438. The Morgan fingerprint density at radius 1 is 1.18 bits per heavy atom. The molecule has 1 fully saturated rings. The molecule has 2 heterocycles. The molecule has 0 amide bonds. The molecule has 0 bridgehead atoms. The van der Waals surface area contributed by atoms with E-state index in [1.165, 1.54) is 0 Å². The summed E-state index contributed by atoms with van der Waals surface area (Å²) in [5.41, 5.74) is -0.146. The molecule has 0 aliphatic carbocycles. The van der Waals surface area contributed by atoms with Gasteiger partial charge in [-0.05, 0) is 19.8 Å². The van der Waals surface area contributed by atoms with Gasteiger partial charge in [0.2, 0.25) is 0 Å². The van der Waals surface area contributed by atoms with Crippen molar-refractivity contribution in [3.63, 3.8) is 0 Å². The van der Waals surface area contributed by atoms with Gasteiger partial charge in [-0.25, -0.2) is 18.2 Å². The van der Waals surface area contributed by atoms with Crippen LogP contribution in [0.15, 0.2) is 24.5 Å². The Balaban J connectivity index is 1.96. The number of ether oxygens (including phenoxy) is 1. The van der Waals surface area contributed by atoms with Gasteiger partial charge in [0, 0.05) is 49.2 Å². The van der Waals surface area contributed by atoms with Crippen LogP contribution in [0.2, 0.25) is 0 Å². The third-order valence-corrected chi connectivity index (χ3v) is 4.16. The molecule has 1 aromatic carbocycles. The van der Waals surface area contributed by atoms with Crippen LogP contribution >= 0.6 is 0 Å². The molecule has 1 atom stereocenters. The van der Waals surface area contributed by atoms with Crippen molar-refractivity contribution in [1.29, 1.82) is 0 Å². The Bertz CT molecular complexity index is 642. The number of nitrogens with zero attached hydrogens (tertiary/aromatic N) is 2. The highest BCUT2D eigenvalue weighted by molar-refractivity contribution is 5.25. The summed E-state index contributed by atoms with van der Waals surface area (Å²) in [5, 5.41) is 0. The molecule has 1 aliphatic heterocycles. The topological polar surface area (TPSA) is 27.1 Å². The predicted octanol–water partition coefficient (Wildman–Crippen LogP) is 3.80. The van der Waals surface area contributed by atoms with Gasteiger partial charge in [0.1, 0.15) is 23.3 Å². The maximum Gasteiger partial charge on any atom is 0.134 e. The van der Waals surface area contributed by atoms with E-state index in [1.807, 2.05) is 0 Å². The van der Waals surface area contributed by atoms with Crippen molar-refractivity contribution in [2.75, 3.05) is 13.2 Å². The van der Waals surface area contributed by atoms with E-state index < -0.39 is 23.5 Å². The molecule has 1 aliphatic rings. The van der Waals surface area contributed by atoms with E-state index in [2.05, 4.69) is 4.98 Å². The van der Waals surface area contributed by atoms with Gasteiger partial charge in [0.15, 0.2) is 0 Å². The summed E-state index contributed by atoms with van der Waals surface area (Å²) < 4.78 is 48.2. The van der Waals surface area contributed by atoms with E-state index in [9.17, 15) is 13.2 Å². The van der Waals surface area contributed by atoms with Gasteiger partial charge < -0.3 is 9.30 Å². The SMILES string of the molecule is CC(c1c(F)cc(F)cc1F)n1ccnc1C1CCOCC1. The van der Waals surface area contributed by atoms with Gasteiger partial charge >= 0.3 is 0 Å². The third-order valence-electron chi connectivity index (χ3n) is 4.16. The summed E-state index contributed by atoms with van der Waals surface area (Å²) in [7, 11) is 0. The second kappa shape index (κ2) is 6.12. The molecule has 0 saturated carbocycles. The molecule has 3 nitrogen and oxygen atoms in total. The first kappa shape index (κ1) is 15.1. The van der Waals surface area contributed by atoms with Gasteiger partial charge in [-0.3, -0.25) is 0 Å². The summed E-state index contributed by atoms with van der Waals surface area (Å²) in [4.78, 5) is 4.35. The zero-order chi connectivity index (χ0) is 15.7. The Hall–Kier alpha value is -1.82. The van der Waals surface area contributed by atoms with Gasteiger partial charge in [0.05, 0.1) is 6.04 Å². The van der Waals surface area contributed by atoms with E-state index >= 15 is 0 Å². The normalized spacial score (nSPS) is 17.6. The Morgan fingerprint density at radius 2 is 1.82 bits per heavy atom. The molecule has 1 saturated heterocycles. The largest absolute Gasteiger partial charge is 0.381 e. The zero-order valence-electron chi connectivity index (χ0n) is 12.2. The van der Waals surface area contributed by atoms with Crippen molar-refractivity contribution in [2.45, 2.75) is 31.7 Å². The number of imidazole rings is 1. The minimum atomic E-state index is -0.916. The number of hydrogen-bond donors (Lipinski definition) is 0. The molecule has 0 N–H and O–H groups in total. The van der Waals surface area contributed by atoms with E-state index in [-0.39, 0.29) is 11.5 Å². The molecule has 6 heteroatoms. The van der Waals surface area contributed by atoms with Crippen LogP contribution in [0, 0.1) is 17.5 Å². The maximum absolute atomic E-state index is 14.0. The lowest BCUT2D eigenvalue weighted by molar-refractivity contribution is 0.0826. The summed E-state index contributed by atoms with van der Waals surface area (Å²) in [6.07, 6.45) is 4.99.